The number of hydrogen-bond acceptors (Lipinski definition) is 2. The summed E-state index contributed by atoms with van der Waals surface area (Å²) in [6.07, 6.45) is 0. The van der Waals surface area contributed by atoms with Gasteiger partial charge in [0, 0.05) is 5.02 Å². The highest BCUT2D eigenvalue weighted by molar-refractivity contribution is 6.31. The highest BCUT2D eigenvalue weighted by Gasteiger charge is 2.41. The maximum atomic E-state index is 12.2. The molecule has 0 bridgehead atoms. The number of carboxylic acid groups (broad SMARTS) is 1. The fourth-order valence-electron chi connectivity index (χ4n) is 3.73. The molecule has 0 fully saturated rings. The lowest BCUT2D eigenvalue weighted by Gasteiger charge is -2.40. The number of benzene rings is 3. The first-order valence-electron chi connectivity index (χ1n) is 9.74. The van der Waals surface area contributed by atoms with E-state index in [1.807, 2.05) is 99.6 Å². The Morgan fingerprint density at radius 2 is 1.45 bits per heavy atom. The minimum Gasteiger partial charge on any atom is -0.480 e. The van der Waals surface area contributed by atoms with E-state index < -0.39 is 17.6 Å². The molecule has 0 aliphatic heterocycles. The fraction of sp³-hybridized carbons (Fsp3) is 0.240. The van der Waals surface area contributed by atoms with Gasteiger partial charge in [0.05, 0.1) is 5.54 Å². The molecule has 3 nitrogen and oxygen atoms in total. The summed E-state index contributed by atoms with van der Waals surface area (Å²) in [5.74, 6) is -1.01. The number of aryl methyl sites for hydroxylation is 1. The molecule has 2 atom stereocenters. The Kier molecular flexibility index (Phi) is 6.41. The summed E-state index contributed by atoms with van der Waals surface area (Å²) in [6.45, 7) is 5.84. The molecule has 29 heavy (non-hydrogen) atoms. The number of carbonyl (C=O) groups is 1. The van der Waals surface area contributed by atoms with Crippen molar-refractivity contribution in [2.24, 2.45) is 5.92 Å². The maximum Gasteiger partial charge on any atom is 0.321 e. The van der Waals surface area contributed by atoms with E-state index in [9.17, 15) is 9.90 Å². The quantitative estimate of drug-likeness (QED) is 0.498. The Morgan fingerprint density at radius 3 is 2.00 bits per heavy atom. The zero-order valence-corrected chi connectivity index (χ0v) is 17.6. The lowest BCUT2D eigenvalue weighted by Crippen LogP contribution is -2.54. The van der Waals surface area contributed by atoms with Crippen LogP contribution in [0.5, 0.6) is 0 Å². The highest BCUT2D eigenvalue weighted by Crippen LogP contribution is 2.41. The van der Waals surface area contributed by atoms with Gasteiger partial charge in [-0.2, -0.15) is 0 Å². The molecule has 4 heteroatoms. The van der Waals surface area contributed by atoms with E-state index in [1.165, 1.54) is 0 Å². The molecule has 0 aromatic heterocycles. The summed E-state index contributed by atoms with van der Waals surface area (Å²) in [4.78, 5) is 12.2. The van der Waals surface area contributed by atoms with Gasteiger partial charge in [0.15, 0.2) is 0 Å². The molecular formula is C25H26ClNO2. The van der Waals surface area contributed by atoms with Crippen LogP contribution in [0.4, 0.5) is 0 Å². The van der Waals surface area contributed by atoms with E-state index in [2.05, 4.69) is 5.32 Å². The fourth-order valence-corrected chi connectivity index (χ4v) is 4.00. The van der Waals surface area contributed by atoms with Gasteiger partial charge in [-0.1, -0.05) is 104 Å². The summed E-state index contributed by atoms with van der Waals surface area (Å²) < 4.78 is 0. The zero-order chi connectivity index (χ0) is 21.0. The summed E-state index contributed by atoms with van der Waals surface area (Å²) in [5.41, 5.74) is 2.91. The monoisotopic (exact) mass is 407 g/mol. The second-order valence-electron chi connectivity index (χ2n) is 7.67. The van der Waals surface area contributed by atoms with Crippen molar-refractivity contribution in [3.05, 3.63) is 106 Å². The van der Waals surface area contributed by atoms with Crippen LogP contribution in [0.25, 0.3) is 0 Å². The molecule has 3 aromatic rings. The molecule has 1 unspecified atom stereocenters. The third-order valence-electron chi connectivity index (χ3n) is 5.27. The molecule has 2 N–H and O–H groups in total. The van der Waals surface area contributed by atoms with Crippen molar-refractivity contribution in [2.45, 2.75) is 32.4 Å². The Balaban J connectivity index is 2.37. The molecule has 0 saturated carbocycles. The summed E-state index contributed by atoms with van der Waals surface area (Å²) in [6, 6.07) is 24.9. The molecule has 3 aromatic carbocycles. The van der Waals surface area contributed by atoms with Crippen LogP contribution in [-0.2, 0) is 10.3 Å². The van der Waals surface area contributed by atoms with E-state index in [-0.39, 0.29) is 5.92 Å². The Bertz CT molecular complexity index is 970. The smallest absolute Gasteiger partial charge is 0.321 e. The van der Waals surface area contributed by atoms with Gasteiger partial charge in [0.25, 0.3) is 0 Å². The molecule has 150 valence electrons. The van der Waals surface area contributed by atoms with Gasteiger partial charge in [0.2, 0.25) is 0 Å². The maximum absolute atomic E-state index is 12.2. The van der Waals surface area contributed by atoms with Crippen molar-refractivity contribution in [3.8, 4) is 0 Å². The summed E-state index contributed by atoms with van der Waals surface area (Å²) >= 11 is 6.69. The minimum absolute atomic E-state index is 0.122. The number of hydrogen-bond donors (Lipinski definition) is 2. The van der Waals surface area contributed by atoms with Gasteiger partial charge >= 0.3 is 5.97 Å². The normalized spacial score (nSPS) is 14.4. The van der Waals surface area contributed by atoms with Crippen LogP contribution < -0.4 is 5.32 Å². The number of aliphatic carboxylic acids is 1. The van der Waals surface area contributed by atoms with Gasteiger partial charge in [0.1, 0.15) is 6.04 Å². The highest BCUT2D eigenvalue weighted by atomic mass is 35.5. The van der Waals surface area contributed by atoms with Crippen LogP contribution in [0.1, 0.15) is 36.1 Å². The van der Waals surface area contributed by atoms with Crippen molar-refractivity contribution in [2.75, 3.05) is 0 Å². The van der Waals surface area contributed by atoms with E-state index in [4.69, 9.17) is 11.6 Å². The molecule has 0 amide bonds. The average molecular weight is 408 g/mol. The number of rotatable bonds is 7. The van der Waals surface area contributed by atoms with Gasteiger partial charge in [-0.25, -0.2) is 0 Å². The summed E-state index contributed by atoms with van der Waals surface area (Å²) in [5, 5.41) is 14.0. The minimum atomic E-state index is -0.916. The first-order valence-corrected chi connectivity index (χ1v) is 10.1. The predicted molar refractivity (Wildman–Crippen MR) is 118 cm³/mol. The van der Waals surface area contributed by atoms with Crippen molar-refractivity contribution >= 4 is 17.6 Å². The molecule has 0 saturated heterocycles. The average Bonchev–Trinajstić information content (AvgIpc) is 2.71. The number of nitrogens with one attached hydrogen (secondary N) is 1. The van der Waals surface area contributed by atoms with E-state index in [1.54, 1.807) is 0 Å². The second kappa shape index (κ2) is 8.81. The Morgan fingerprint density at radius 1 is 0.897 bits per heavy atom. The first kappa shape index (κ1) is 21.1. The first-order chi connectivity index (χ1) is 13.9. The van der Waals surface area contributed by atoms with Crippen LogP contribution in [0, 0.1) is 12.8 Å². The van der Waals surface area contributed by atoms with Crippen LogP contribution in [0.3, 0.4) is 0 Å². The molecular weight excluding hydrogens is 382 g/mol. The third-order valence-corrected chi connectivity index (χ3v) is 5.60. The van der Waals surface area contributed by atoms with Crippen LogP contribution in [-0.4, -0.2) is 17.1 Å². The van der Waals surface area contributed by atoms with E-state index in [0.29, 0.717) is 5.02 Å². The molecule has 0 spiro atoms. The van der Waals surface area contributed by atoms with Crippen LogP contribution in [0.2, 0.25) is 5.02 Å². The number of halogens is 1. The lowest BCUT2D eigenvalue weighted by atomic mass is 9.75. The second-order valence-corrected chi connectivity index (χ2v) is 8.07. The molecule has 0 aliphatic carbocycles. The van der Waals surface area contributed by atoms with Gasteiger partial charge in [-0.3, -0.25) is 10.1 Å². The van der Waals surface area contributed by atoms with Gasteiger partial charge < -0.3 is 5.11 Å². The van der Waals surface area contributed by atoms with Crippen molar-refractivity contribution in [1.82, 2.24) is 5.32 Å². The SMILES string of the molecule is Cc1ccc(C(N[C@H](C(=O)O)C(C)C)(c2ccccc2)c2ccccc2Cl)cc1. The van der Waals surface area contributed by atoms with Crippen molar-refractivity contribution in [1.29, 1.82) is 0 Å². The van der Waals surface area contributed by atoms with Gasteiger partial charge in [-0.05, 0) is 35.6 Å². The molecule has 0 aliphatic rings. The largest absolute Gasteiger partial charge is 0.480 e. The molecule has 0 radical (unpaired) electrons. The third kappa shape index (κ3) is 4.21. The standard InChI is InChI=1S/C25H26ClNO2/c1-17(2)23(24(28)29)27-25(19-9-5-4-6-10-19,20-15-13-18(3)14-16-20)21-11-7-8-12-22(21)26/h4-17,23,27H,1-3H3,(H,28,29)/t23-,25?/m0/s1. The topological polar surface area (TPSA) is 49.3 Å². The Labute approximate surface area is 177 Å². The van der Waals surface area contributed by atoms with Gasteiger partial charge in [-0.15, -0.1) is 0 Å². The van der Waals surface area contributed by atoms with Crippen molar-refractivity contribution in [3.63, 3.8) is 0 Å². The predicted octanol–water partition coefficient (Wildman–Crippen LogP) is 5.64. The van der Waals surface area contributed by atoms with Crippen LogP contribution >= 0.6 is 11.6 Å². The van der Waals surface area contributed by atoms with E-state index >= 15 is 0 Å². The lowest BCUT2D eigenvalue weighted by molar-refractivity contribution is -0.141. The number of carboxylic acids is 1. The van der Waals surface area contributed by atoms with E-state index in [0.717, 1.165) is 22.3 Å². The summed E-state index contributed by atoms with van der Waals surface area (Å²) in [7, 11) is 0. The molecule has 3 rings (SSSR count). The van der Waals surface area contributed by atoms with Crippen LogP contribution in [0.15, 0.2) is 78.9 Å². The Hall–Kier alpha value is -2.62. The molecule has 0 heterocycles. The van der Waals surface area contributed by atoms with Crippen molar-refractivity contribution < 1.29 is 9.90 Å². The zero-order valence-electron chi connectivity index (χ0n) is 16.9.